The topological polar surface area (TPSA) is 194 Å². The third kappa shape index (κ3) is 7.88. The Hall–Kier alpha value is -4.74. The van der Waals surface area contributed by atoms with Crippen LogP contribution in [0.5, 0.6) is 0 Å². The van der Waals surface area contributed by atoms with Gasteiger partial charge in [-0.1, -0.05) is 32.0 Å². The number of carboxylic acid groups (broad SMARTS) is 2. The van der Waals surface area contributed by atoms with Crippen molar-refractivity contribution in [1.29, 1.82) is 5.41 Å². The van der Waals surface area contributed by atoms with Gasteiger partial charge >= 0.3 is 5.97 Å². The predicted octanol–water partition coefficient (Wildman–Crippen LogP) is 1.87. The van der Waals surface area contributed by atoms with Gasteiger partial charge in [-0.05, 0) is 42.2 Å². The van der Waals surface area contributed by atoms with Crippen molar-refractivity contribution in [3.63, 3.8) is 0 Å². The van der Waals surface area contributed by atoms with Crippen LogP contribution in [0.3, 0.4) is 0 Å². The molecular weight excluding hydrogens is 494 g/mol. The van der Waals surface area contributed by atoms with Crippen LogP contribution in [0, 0.1) is 11.3 Å². The molecule has 2 aromatic rings. The fourth-order valence-corrected chi connectivity index (χ4v) is 3.73. The summed E-state index contributed by atoms with van der Waals surface area (Å²) in [5, 5.41) is 25.1. The van der Waals surface area contributed by atoms with Gasteiger partial charge < -0.3 is 20.8 Å². The minimum absolute atomic E-state index is 0.0249. The number of fused-ring (bicyclic) bond motifs is 1. The molecule has 0 spiro atoms. The Labute approximate surface area is 219 Å². The molecule has 0 radical (unpaired) electrons. The Morgan fingerprint density at radius 3 is 2.32 bits per heavy atom. The van der Waals surface area contributed by atoms with Gasteiger partial charge in [-0.2, -0.15) is 0 Å². The van der Waals surface area contributed by atoms with E-state index in [9.17, 15) is 19.2 Å². The molecule has 3 amide bonds. The number of aliphatic carboxylic acids is 2. The molecule has 0 saturated heterocycles. The van der Waals surface area contributed by atoms with Gasteiger partial charge in [0.25, 0.3) is 17.8 Å². The summed E-state index contributed by atoms with van der Waals surface area (Å²) in [5.74, 6) is -3.49. The largest absolute Gasteiger partial charge is 0.481 e. The number of anilines is 1. The molecule has 0 saturated carbocycles. The van der Waals surface area contributed by atoms with Gasteiger partial charge in [0.15, 0.2) is 0 Å². The highest BCUT2D eigenvalue weighted by Crippen LogP contribution is 2.26. The van der Waals surface area contributed by atoms with Crippen LogP contribution in [0.15, 0.2) is 42.5 Å². The average Bonchev–Trinajstić information content (AvgIpc) is 2.92. The second-order valence-electron chi connectivity index (χ2n) is 8.95. The highest BCUT2D eigenvalue weighted by molar-refractivity contribution is 6.10. The van der Waals surface area contributed by atoms with E-state index in [1.807, 2.05) is 13.8 Å². The molecule has 1 aliphatic heterocycles. The van der Waals surface area contributed by atoms with Crippen LogP contribution in [0.4, 0.5) is 5.69 Å². The summed E-state index contributed by atoms with van der Waals surface area (Å²) in [6.45, 7) is 5.07. The molecule has 38 heavy (non-hydrogen) atoms. The molecule has 12 nitrogen and oxygen atoms in total. The van der Waals surface area contributed by atoms with E-state index in [0.717, 1.165) is 11.9 Å². The minimum Gasteiger partial charge on any atom is -0.481 e. The fourth-order valence-electron chi connectivity index (χ4n) is 3.73. The highest BCUT2D eigenvalue weighted by atomic mass is 16.4. The first-order valence-corrected chi connectivity index (χ1v) is 11.7. The van der Waals surface area contributed by atoms with E-state index >= 15 is 0 Å². The smallest absolute Gasteiger partial charge is 0.303 e. The first-order chi connectivity index (χ1) is 17.8. The molecule has 0 aromatic heterocycles. The maximum Gasteiger partial charge on any atom is 0.303 e. The van der Waals surface area contributed by atoms with Crippen molar-refractivity contribution in [3.05, 3.63) is 64.7 Å². The lowest BCUT2D eigenvalue weighted by molar-refractivity contribution is -0.137. The average molecular weight is 526 g/mol. The van der Waals surface area contributed by atoms with Crippen molar-refractivity contribution >= 4 is 41.2 Å². The van der Waals surface area contributed by atoms with Gasteiger partial charge in [-0.15, -0.1) is 0 Å². The van der Waals surface area contributed by atoms with Crippen molar-refractivity contribution in [1.82, 2.24) is 10.4 Å². The van der Waals surface area contributed by atoms with Crippen LogP contribution < -0.4 is 16.1 Å². The molecule has 3 rings (SSSR count). The van der Waals surface area contributed by atoms with Crippen molar-refractivity contribution in [2.45, 2.75) is 33.6 Å². The minimum atomic E-state index is -1.05. The van der Waals surface area contributed by atoms with Crippen molar-refractivity contribution in [2.75, 3.05) is 18.0 Å². The van der Waals surface area contributed by atoms with Crippen molar-refractivity contribution < 1.29 is 34.2 Å². The van der Waals surface area contributed by atoms with E-state index in [0.29, 0.717) is 23.4 Å². The van der Waals surface area contributed by atoms with Crippen LogP contribution in [-0.2, 0) is 20.8 Å². The summed E-state index contributed by atoms with van der Waals surface area (Å²) in [7, 11) is 0. The van der Waals surface area contributed by atoms with Gasteiger partial charge in [-0.3, -0.25) is 34.8 Å². The third-order valence-corrected chi connectivity index (χ3v) is 5.32. The number of nitrogens with one attached hydrogen (secondary N) is 2. The number of hydrazine groups is 1. The molecule has 12 heteroatoms. The molecule has 202 valence electrons. The maximum atomic E-state index is 13.2. The monoisotopic (exact) mass is 525 g/mol. The maximum absolute atomic E-state index is 13.2. The van der Waals surface area contributed by atoms with E-state index in [2.05, 4.69) is 5.43 Å². The Morgan fingerprint density at radius 2 is 1.74 bits per heavy atom. The van der Waals surface area contributed by atoms with E-state index in [-0.39, 0.29) is 48.2 Å². The number of carbonyl (C=O) groups excluding carboxylic acids is 3. The summed E-state index contributed by atoms with van der Waals surface area (Å²) in [6, 6.07) is 11.1. The van der Waals surface area contributed by atoms with E-state index in [1.54, 1.807) is 29.2 Å². The van der Waals surface area contributed by atoms with Gasteiger partial charge in [-0.25, -0.2) is 5.01 Å². The van der Waals surface area contributed by atoms with Crippen LogP contribution in [-0.4, -0.2) is 63.8 Å². The van der Waals surface area contributed by atoms with Gasteiger partial charge in [0.05, 0.1) is 11.3 Å². The molecule has 6 N–H and O–H groups in total. The van der Waals surface area contributed by atoms with E-state index < -0.39 is 23.8 Å². The number of carboxylic acids is 2. The Balaban J connectivity index is 0.00000118. The summed E-state index contributed by atoms with van der Waals surface area (Å²) in [5.41, 5.74) is 9.64. The Kier molecular flexibility index (Phi) is 10.1. The summed E-state index contributed by atoms with van der Waals surface area (Å²) < 4.78 is 0. The van der Waals surface area contributed by atoms with Crippen LogP contribution in [0.2, 0.25) is 0 Å². The van der Waals surface area contributed by atoms with E-state index in [4.69, 9.17) is 26.2 Å². The van der Waals surface area contributed by atoms with Gasteiger partial charge in [0.2, 0.25) is 5.91 Å². The number of benzene rings is 2. The SMILES string of the molecule is CC(=O)O.CC(C)CN1C(=O)CN(NC(=O)c2ccc(C(=N)N)cc2CCC(=O)O)C(=O)c2ccccc21. The quantitative estimate of drug-likeness (QED) is 0.254. The van der Waals surface area contributed by atoms with Crippen LogP contribution >= 0.6 is 0 Å². The number of hydrogen-bond donors (Lipinski definition) is 5. The number of rotatable bonds is 8. The zero-order valence-electron chi connectivity index (χ0n) is 21.4. The summed E-state index contributed by atoms with van der Waals surface area (Å²) >= 11 is 0. The lowest BCUT2D eigenvalue weighted by Crippen LogP contribution is -2.49. The fraction of sp³-hybridized carbons (Fsp3) is 0.308. The zero-order chi connectivity index (χ0) is 28.6. The zero-order valence-corrected chi connectivity index (χ0v) is 21.4. The van der Waals surface area contributed by atoms with Crippen LogP contribution in [0.1, 0.15) is 59.0 Å². The second-order valence-corrected chi connectivity index (χ2v) is 8.95. The number of nitrogen functional groups attached to an aromatic ring is 1. The normalized spacial score (nSPS) is 12.7. The van der Waals surface area contributed by atoms with Gasteiger partial charge in [0.1, 0.15) is 12.4 Å². The number of nitrogens with zero attached hydrogens (tertiary/aromatic N) is 2. The lowest BCUT2D eigenvalue weighted by atomic mass is 9.99. The number of nitrogens with two attached hydrogens (primary N) is 1. The molecule has 0 bridgehead atoms. The standard InChI is InChI=1S/C24H27N5O5.C2H4O2/c1-14(2)12-28-19-6-4-3-5-18(19)24(34)29(13-20(28)30)27-23(33)17-9-7-16(22(25)26)11-15(17)8-10-21(31)32;1-2(3)4/h3-7,9,11,14H,8,10,12-13H2,1-2H3,(H3,25,26)(H,27,33)(H,31,32);1H3,(H,3,4). The molecule has 0 aliphatic carbocycles. The molecule has 0 fully saturated rings. The molecule has 0 unspecified atom stereocenters. The molecule has 1 aliphatic rings. The molecule has 2 aromatic carbocycles. The van der Waals surface area contributed by atoms with E-state index in [1.165, 1.54) is 18.2 Å². The third-order valence-electron chi connectivity index (χ3n) is 5.32. The Bertz CT molecular complexity index is 1250. The molecule has 0 atom stereocenters. The summed E-state index contributed by atoms with van der Waals surface area (Å²) in [6.07, 6.45) is -0.211. The summed E-state index contributed by atoms with van der Waals surface area (Å²) in [4.78, 5) is 61.0. The number of amidine groups is 1. The second kappa shape index (κ2) is 13.0. The number of para-hydroxylation sites is 1. The predicted molar refractivity (Wildman–Crippen MR) is 139 cm³/mol. The van der Waals surface area contributed by atoms with Crippen molar-refractivity contribution in [3.8, 4) is 0 Å². The first-order valence-electron chi connectivity index (χ1n) is 11.7. The molecular formula is C26H31N5O7. The van der Waals surface area contributed by atoms with Gasteiger partial charge in [0, 0.05) is 31.0 Å². The first kappa shape index (κ1) is 29.5. The number of hydrogen-bond acceptors (Lipinski definition) is 6. The lowest BCUT2D eigenvalue weighted by Gasteiger charge is -2.24. The number of aryl methyl sites for hydroxylation is 1. The highest BCUT2D eigenvalue weighted by Gasteiger charge is 2.33. The van der Waals surface area contributed by atoms with Crippen LogP contribution in [0.25, 0.3) is 0 Å². The Morgan fingerprint density at radius 1 is 1.11 bits per heavy atom. The number of amides is 3. The molecule has 1 heterocycles. The van der Waals surface area contributed by atoms with Crippen molar-refractivity contribution in [2.24, 2.45) is 11.7 Å². The number of carbonyl (C=O) groups is 5.